The van der Waals surface area contributed by atoms with Crippen molar-refractivity contribution in [1.82, 2.24) is 19.8 Å². The van der Waals surface area contributed by atoms with E-state index in [1.807, 2.05) is 10.6 Å². The van der Waals surface area contributed by atoms with Crippen LogP contribution in [0.4, 0.5) is 18.0 Å². The molecule has 4 rings (SSSR count). The van der Waals surface area contributed by atoms with Crippen molar-refractivity contribution >= 4 is 23.5 Å². The minimum Gasteiger partial charge on any atom is -0.508 e. The number of hydrogen-bond acceptors (Lipinski definition) is 5. The van der Waals surface area contributed by atoms with Gasteiger partial charge in [-0.3, -0.25) is 10.3 Å². The van der Waals surface area contributed by atoms with Gasteiger partial charge in [0.2, 0.25) is 0 Å². The van der Waals surface area contributed by atoms with Crippen LogP contribution in [0.15, 0.2) is 48.5 Å². The number of aromatic nitrogens is 2. The van der Waals surface area contributed by atoms with E-state index in [1.54, 1.807) is 18.2 Å². The lowest BCUT2D eigenvalue weighted by Crippen LogP contribution is -2.45. The number of nitrogens with zero attached hydrogens (tertiary/aromatic N) is 3. The third kappa shape index (κ3) is 6.41. The SMILES string of the molecule is N=C(c1ccc(O)cc1)N(CCC(F)(F)F)C(=O)NCc1nc(-c2cccc(Cl)c2)n2c1CCC(O)C2. The largest absolute Gasteiger partial charge is 0.508 e. The lowest BCUT2D eigenvalue weighted by molar-refractivity contribution is -0.135. The Morgan fingerprint density at radius 2 is 1.97 bits per heavy atom. The molecule has 1 aliphatic rings. The molecule has 0 spiro atoms. The molecule has 196 valence electrons. The standard InChI is InChI=1S/C25H25ClF3N5O3/c26-17-3-1-2-16(12-17)23-32-20(21-9-8-19(36)14-34(21)23)13-31-24(37)33(11-10-25(27,28)29)22(30)15-4-6-18(35)7-5-15/h1-7,12,19,30,35-36H,8-11,13-14H2,(H,31,37). The molecule has 12 heteroatoms. The second-order valence-corrected chi connectivity index (χ2v) is 9.15. The number of phenols is 1. The zero-order valence-electron chi connectivity index (χ0n) is 19.6. The van der Waals surface area contributed by atoms with Crippen LogP contribution in [0.1, 0.15) is 29.8 Å². The van der Waals surface area contributed by atoms with Gasteiger partial charge in [0.15, 0.2) is 0 Å². The fraction of sp³-hybridized carbons (Fsp3) is 0.320. The van der Waals surface area contributed by atoms with Crippen molar-refractivity contribution in [2.45, 2.75) is 44.6 Å². The van der Waals surface area contributed by atoms with Gasteiger partial charge in [0.1, 0.15) is 17.4 Å². The van der Waals surface area contributed by atoms with E-state index in [0.717, 1.165) is 11.3 Å². The molecule has 1 aliphatic heterocycles. The number of imidazole rings is 1. The number of urea groups is 1. The molecule has 37 heavy (non-hydrogen) atoms. The normalized spacial score (nSPS) is 15.2. The van der Waals surface area contributed by atoms with Gasteiger partial charge in [-0.05, 0) is 49.2 Å². The highest BCUT2D eigenvalue weighted by atomic mass is 35.5. The average Bonchev–Trinajstić information content (AvgIpc) is 3.20. The Bertz CT molecular complexity index is 1290. The number of carbonyl (C=O) groups is 1. The summed E-state index contributed by atoms with van der Waals surface area (Å²) >= 11 is 6.14. The van der Waals surface area contributed by atoms with Crippen LogP contribution in [0.2, 0.25) is 5.02 Å². The quantitative estimate of drug-likeness (QED) is 0.270. The first-order valence-electron chi connectivity index (χ1n) is 11.5. The van der Waals surface area contributed by atoms with Crippen molar-refractivity contribution in [3.8, 4) is 17.1 Å². The first-order chi connectivity index (χ1) is 17.5. The van der Waals surface area contributed by atoms with Gasteiger partial charge in [0.25, 0.3) is 0 Å². The van der Waals surface area contributed by atoms with Crippen LogP contribution in [-0.2, 0) is 19.5 Å². The van der Waals surface area contributed by atoms with E-state index in [1.165, 1.54) is 24.3 Å². The number of fused-ring (bicyclic) bond motifs is 1. The van der Waals surface area contributed by atoms with Gasteiger partial charge in [0, 0.05) is 28.4 Å². The van der Waals surface area contributed by atoms with Crippen LogP contribution in [0.3, 0.4) is 0 Å². The molecule has 2 amide bonds. The minimum atomic E-state index is -4.52. The van der Waals surface area contributed by atoms with Crippen molar-refractivity contribution in [3.63, 3.8) is 0 Å². The van der Waals surface area contributed by atoms with Gasteiger partial charge in [-0.15, -0.1) is 0 Å². The van der Waals surface area contributed by atoms with Crippen molar-refractivity contribution in [2.24, 2.45) is 0 Å². The zero-order valence-corrected chi connectivity index (χ0v) is 20.4. The molecule has 3 aromatic rings. The van der Waals surface area contributed by atoms with Gasteiger partial charge in [-0.1, -0.05) is 23.7 Å². The summed E-state index contributed by atoms with van der Waals surface area (Å²) in [7, 11) is 0. The van der Waals surface area contributed by atoms with E-state index in [4.69, 9.17) is 17.0 Å². The fourth-order valence-electron chi connectivity index (χ4n) is 4.19. The molecule has 4 N–H and O–H groups in total. The second kappa shape index (κ2) is 10.8. The van der Waals surface area contributed by atoms with Crippen molar-refractivity contribution < 1.29 is 28.2 Å². The van der Waals surface area contributed by atoms with Crippen LogP contribution < -0.4 is 5.32 Å². The Kier molecular flexibility index (Phi) is 7.74. The van der Waals surface area contributed by atoms with Gasteiger partial charge in [-0.25, -0.2) is 9.78 Å². The lowest BCUT2D eigenvalue weighted by Gasteiger charge is -2.25. The molecule has 0 saturated heterocycles. The Balaban J connectivity index is 1.57. The van der Waals surface area contributed by atoms with Gasteiger partial charge < -0.3 is 20.1 Å². The maximum atomic E-state index is 13.0. The highest BCUT2D eigenvalue weighted by molar-refractivity contribution is 6.30. The van der Waals surface area contributed by atoms with Crippen molar-refractivity contribution in [1.29, 1.82) is 5.41 Å². The molecule has 0 bridgehead atoms. The maximum absolute atomic E-state index is 13.0. The van der Waals surface area contributed by atoms with Crippen LogP contribution in [0.5, 0.6) is 5.75 Å². The number of aliphatic hydroxyl groups excluding tert-OH is 1. The molecule has 2 aromatic carbocycles. The molecule has 8 nitrogen and oxygen atoms in total. The van der Waals surface area contributed by atoms with E-state index in [9.17, 15) is 28.2 Å². The number of carbonyl (C=O) groups excluding carboxylic acids is 1. The van der Waals surface area contributed by atoms with E-state index in [2.05, 4.69) is 10.3 Å². The summed E-state index contributed by atoms with van der Waals surface area (Å²) in [6, 6.07) is 11.4. The van der Waals surface area contributed by atoms with E-state index < -0.39 is 37.1 Å². The summed E-state index contributed by atoms with van der Waals surface area (Å²) in [4.78, 5) is 18.4. The Labute approximate surface area is 215 Å². The topological polar surface area (TPSA) is 114 Å². The predicted molar refractivity (Wildman–Crippen MR) is 132 cm³/mol. The Morgan fingerprint density at radius 3 is 2.65 bits per heavy atom. The monoisotopic (exact) mass is 535 g/mol. The smallest absolute Gasteiger partial charge is 0.390 e. The van der Waals surface area contributed by atoms with E-state index in [0.29, 0.717) is 40.8 Å². The van der Waals surface area contributed by atoms with Crippen LogP contribution in [-0.4, -0.2) is 55.4 Å². The van der Waals surface area contributed by atoms with Gasteiger partial charge >= 0.3 is 12.2 Å². The minimum absolute atomic E-state index is 0.0759. The average molecular weight is 536 g/mol. The van der Waals surface area contributed by atoms with Crippen molar-refractivity contribution in [2.75, 3.05) is 6.54 Å². The second-order valence-electron chi connectivity index (χ2n) is 8.71. The number of aromatic hydroxyl groups is 1. The summed E-state index contributed by atoms with van der Waals surface area (Å²) in [5.41, 5.74) is 2.21. The third-order valence-corrected chi connectivity index (χ3v) is 6.26. The number of amides is 2. The Morgan fingerprint density at radius 1 is 1.24 bits per heavy atom. The number of amidine groups is 1. The number of aliphatic hydroxyl groups is 1. The number of halogens is 4. The Hall–Kier alpha value is -3.57. The van der Waals surface area contributed by atoms with Crippen LogP contribution >= 0.6 is 11.6 Å². The molecule has 0 aliphatic carbocycles. The highest BCUT2D eigenvalue weighted by Gasteiger charge is 2.31. The molecule has 1 unspecified atom stereocenters. The highest BCUT2D eigenvalue weighted by Crippen LogP contribution is 2.29. The van der Waals surface area contributed by atoms with E-state index in [-0.39, 0.29) is 17.9 Å². The summed E-state index contributed by atoms with van der Waals surface area (Å²) in [6.07, 6.45) is -5.38. The third-order valence-electron chi connectivity index (χ3n) is 6.03. The van der Waals surface area contributed by atoms with Crippen LogP contribution in [0.25, 0.3) is 11.4 Å². The predicted octanol–water partition coefficient (Wildman–Crippen LogP) is 4.71. The fourth-order valence-corrected chi connectivity index (χ4v) is 4.38. The first kappa shape index (κ1) is 26.5. The molecule has 1 aromatic heterocycles. The van der Waals surface area contributed by atoms with E-state index >= 15 is 0 Å². The summed E-state index contributed by atoms with van der Waals surface area (Å²) in [5, 5.41) is 31.1. The summed E-state index contributed by atoms with van der Waals surface area (Å²) < 4.78 is 40.7. The number of hydrogen-bond donors (Lipinski definition) is 4. The van der Waals surface area contributed by atoms with Gasteiger partial charge in [0.05, 0.1) is 31.3 Å². The van der Waals surface area contributed by atoms with Crippen LogP contribution in [0, 0.1) is 5.41 Å². The molecule has 0 fully saturated rings. The molecular formula is C25H25ClF3N5O3. The molecular weight excluding hydrogens is 511 g/mol. The van der Waals surface area contributed by atoms with Crippen molar-refractivity contribution in [3.05, 3.63) is 70.5 Å². The number of phenolic OH excluding ortho intramolecular Hbond substituents is 1. The molecule has 2 heterocycles. The maximum Gasteiger partial charge on any atom is 0.390 e. The lowest BCUT2D eigenvalue weighted by atomic mass is 10.1. The zero-order chi connectivity index (χ0) is 26.7. The van der Waals surface area contributed by atoms with Gasteiger partial charge in [-0.2, -0.15) is 13.2 Å². The number of alkyl halides is 3. The number of benzene rings is 2. The number of nitrogens with one attached hydrogen (secondary N) is 2. The number of rotatable bonds is 6. The molecule has 0 saturated carbocycles. The molecule has 1 atom stereocenters. The summed E-state index contributed by atoms with van der Waals surface area (Å²) in [5.74, 6) is 0.0515. The molecule has 0 radical (unpaired) electrons. The summed E-state index contributed by atoms with van der Waals surface area (Å²) in [6.45, 7) is -0.534. The first-order valence-corrected chi connectivity index (χ1v) is 11.9.